The van der Waals surface area contributed by atoms with Crippen molar-refractivity contribution in [2.75, 3.05) is 18.9 Å². The molecule has 0 atom stereocenters. The van der Waals surface area contributed by atoms with Gasteiger partial charge in [0.05, 0.1) is 10.6 Å². The first kappa shape index (κ1) is 14.1. The third-order valence-electron chi connectivity index (χ3n) is 3.14. The molecule has 0 aliphatic heterocycles. The van der Waals surface area contributed by atoms with E-state index >= 15 is 0 Å². The summed E-state index contributed by atoms with van der Waals surface area (Å²) in [6.07, 6.45) is 3.80. The predicted octanol–water partition coefficient (Wildman–Crippen LogP) is 3.04. The molecule has 0 radical (unpaired) electrons. The van der Waals surface area contributed by atoms with E-state index in [0.717, 1.165) is 19.4 Å². The van der Waals surface area contributed by atoms with Gasteiger partial charge in [-0.2, -0.15) is 0 Å². The zero-order valence-corrected chi connectivity index (χ0v) is 12.4. The molecule has 0 unspecified atom stereocenters. The lowest BCUT2D eigenvalue weighted by molar-refractivity contribution is 0.0722. The van der Waals surface area contributed by atoms with Gasteiger partial charge in [-0.1, -0.05) is 25.4 Å². The van der Waals surface area contributed by atoms with E-state index in [1.54, 1.807) is 19.3 Å². The molecule has 1 heterocycles. The fraction of sp³-hybridized carbons (Fsp3) is 0.571. The van der Waals surface area contributed by atoms with Crippen LogP contribution >= 0.6 is 11.6 Å². The van der Waals surface area contributed by atoms with E-state index in [4.69, 9.17) is 11.6 Å². The van der Waals surface area contributed by atoms with E-state index in [0.29, 0.717) is 28.4 Å². The van der Waals surface area contributed by atoms with Gasteiger partial charge in [-0.25, -0.2) is 4.98 Å². The maximum atomic E-state index is 12.5. The molecule has 1 saturated carbocycles. The number of hydrogen-bond donors (Lipinski definition) is 1. The zero-order valence-electron chi connectivity index (χ0n) is 11.6. The Bertz CT molecular complexity index is 472. The number of nitrogens with one attached hydrogen (secondary N) is 1. The van der Waals surface area contributed by atoms with Gasteiger partial charge in [-0.05, 0) is 24.8 Å². The van der Waals surface area contributed by atoms with E-state index in [-0.39, 0.29) is 5.91 Å². The van der Waals surface area contributed by atoms with E-state index in [9.17, 15) is 4.79 Å². The smallest absolute Gasteiger partial charge is 0.255 e. The van der Waals surface area contributed by atoms with Crippen molar-refractivity contribution in [2.24, 2.45) is 5.92 Å². The average Bonchev–Trinajstić information content (AvgIpc) is 3.19. The summed E-state index contributed by atoms with van der Waals surface area (Å²) in [7, 11) is 1.75. The summed E-state index contributed by atoms with van der Waals surface area (Å²) in [5.74, 6) is 1.10. The maximum absolute atomic E-state index is 12.5. The number of carbonyl (C=O) groups excluding carboxylic acids is 1. The minimum atomic E-state index is 0.0354. The molecule has 1 aromatic rings. The molecule has 1 aliphatic carbocycles. The molecular weight excluding hydrogens is 262 g/mol. The van der Waals surface area contributed by atoms with E-state index in [1.807, 2.05) is 4.90 Å². The van der Waals surface area contributed by atoms with Crippen molar-refractivity contribution in [3.63, 3.8) is 0 Å². The molecule has 1 N–H and O–H groups in total. The molecule has 1 aromatic heterocycles. The molecule has 4 nitrogen and oxygen atoms in total. The summed E-state index contributed by atoms with van der Waals surface area (Å²) < 4.78 is 0. The van der Waals surface area contributed by atoms with Crippen LogP contribution in [0.2, 0.25) is 5.02 Å². The molecule has 1 amide bonds. The molecule has 104 valence electrons. The van der Waals surface area contributed by atoms with Crippen molar-refractivity contribution < 1.29 is 4.79 Å². The van der Waals surface area contributed by atoms with E-state index in [2.05, 4.69) is 24.1 Å². The van der Waals surface area contributed by atoms with Gasteiger partial charge in [0.1, 0.15) is 5.82 Å². The minimum absolute atomic E-state index is 0.0354. The first-order valence-electron chi connectivity index (χ1n) is 6.67. The third kappa shape index (κ3) is 3.38. The molecule has 19 heavy (non-hydrogen) atoms. The fourth-order valence-electron chi connectivity index (χ4n) is 2.08. The summed E-state index contributed by atoms with van der Waals surface area (Å²) in [4.78, 5) is 18.6. The van der Waals surface area contributed by atoms with E-state index < -0.39 is 0 Å². The van der Waals surface area contributed by atoms with Crippen LogP contribution in [0.15, 0.2) is 12.3 Å². The first-order chi connectivity index (χ1) is 9.02. The molecular formula is C14H20ClN3O. The molecule has 5 heteroatoms. The van der Waals surface area contributed by atoms with Gasteiger partial charge in [-0.3, -0.25) is 4.79 Å². The number of nitrogens with zero attached hydrogens (tertiary/aromatic N) is 2. The lowest BCUT2D eigenvalue weighted by Gasteiger charge is -2.24. The Balaban J connectivity index is 2.19. The molecule has 1 fully saturated rings. The van der Waals surface area contributed by atoms with Gasteiger partial charge in [0.2, 0.25) is 0 Å². The second-order valence-electron chi connectivity index (χ2n) is 5.39. The first-order valence-corrected chi connectivity index (χ1v) is 7.05. The fourth-order valence-corrected chi connectivity index (χ4v) is 2.34. The van der Waals surface area contributed by atoms with Crippen molar-refractivity contribution in [3.8, 4) is 0 Å². The Morgan fingerprint density at radius 1 is 1.58 bits per heavy atom. The number of rotatable bonds is 5. The van der Waals surface area contributed by atoms with Crippen LogP contribution in [-0.4, -0.2) is 35.4 Å². The molecule has 0 spiro atoms. The lowest BCUT2D eigenvalue weighted by Crippen LogP contribution is -2.36. The third-order valence-corrected chi connectivity index (χ3v) is 3.42. The summed E-state index contributed by atoms with van der Waals surface area (Å²) in [5.41, 5.74) is 0.566. The van der Waals surface area contributed by atoms with Gasteiger partial charge in [-0.15, -0.1) is 0 Å². The summed E-state index contributed by atoms with van der Waals surface area (Å²) in [6.45, 7) is 5.03. The molecule has 0 bridgehead atoms. The van der Waals surface area contributed by atoms with Crippen molar-refractivity contribution in [2.45, 2.75) is 32.7 Å². The van der Waals surface area contributed by atoms with Crippen LogP contribution in [-0.2, 0) is 0 Å². The van der Waals surface area contributed by atoms with Gasteiger partial charge >= 0.3 is 0 Å². The quantitative estimate of drug-likeness (QED) is 0.902. The maximum Gasteiger partial charge on any atom is 0.255 e. The van der Waals surface area contributed by atoms with Crippen LogP contribution in [0.5, 0.6) is 0 Å². The monoisotopic (exact) mass is 281 g/mol. The zero-order chi connectivity index (χ0) is 14.0. The normalized spacial score (nSPS) is 14.6. The van der Waals surface area contributed by atoms with E-state index in [1.165, 1.54) is 0 Å². The molecule has 0 aromatic carbocycles. The molecule has 0 saturated heterocycles. The van der Waals surface area contributed by atoms with Crippen molar-refractivity contribution >= 4 is 23.3 Å². The van der Waals surface area contributed by atoms with Gasteiger partial charge < -0.3 is 10.2 Å². The highest BCUT2D eigenvalue weighted by atomic mass is 35.5. The van der Waals surface area contributed by atoms with Gasteiger partial charge in [0.15, 0.2) is 0 Å². The topological polar surface area (TPSA) is 45.2 Å². The predicted molar refractivity (Wildman–Crippen MR) is 77.7 cm³/mol. The van der Waals surface area contributed by atoms with Gasteiger partial charge in [0, 0.05) is 25.8 Å². The lowest BCUT2D eigenvalue weighted by atomic mass is 10.1. The number of pyridine rings is 1. The Morgan fingerprint density at radius 3 is 2.74 bits per heavy atom. The molecule has 1 aliphatic rings. The number of amides is 1. The Kier molecular flexibility index (Phi) is 4.30. The Morgan fingerprint density at radius 2 is 2.26 bits per heavy atom. The van der Waals surface area contributed by atoms with Crippen LogP contribution in [0.1, 0.15) is 37.0 Å². The number of hydrogen-bond acceptors (Lipinski definition) is 3. The highest BCUT2D eigenvalue weighted by Crippen LogP contribution is 2.30. The average molecular weight is 282 g/mol. The Labute approximate surface area is 119 Å². The van der Waals surface area contributed by atoms with Crippen molar-refractivity contribution in [3.05, 3.63) is 22.8 Å². The number of carbonyl (C=O) groups is 1. The second kappa shape index (κ2) is 5.78. The number of halogens is 1. The van der Waals surface area contributed by atoms with Crippen LogP contribution in [0, 0.1) is 5.92 Å². The SMILES string of the molecule is CNc1ncc(C(=O)N(CC(C)C)C2CC2)cc1Cl. The number of aromatic nitrogens is 1. The van der Waals surface area contributed by atoms with Crippen molar-refractivity contribution in [1.82, 2.24) is 9.88 Å². The standard InChI is InChI=1S/C14H20ClN3O/c1-9(2)8-18(11-4-5-11)14(19)10-6-12(15)13(16-3)17-7-10/h6-7,9,11H,4-5,8H2,1-3H3,(H,16,17). The van der Waals surface area contributed by atoms with Gasteiger partial charge in [0.25, 0.3) is 5.91 Å². The van der Waals surface area contributed by atoms with Crippen LogP contribution < -0.4 is 5.32 Å². The highest BCUT2D eigenvalue weighted by molar-refractivity contribution is 6.33. The Hall–Kier alpha value is -1.29. The summed E-state index contributed by atoms with van der Waals surface area (Å²) in [5, 5.41) is 3.37. The van der Waals surface area contributed by atoms with Crippen LogP contribution in [0.25, 0.3) is 0 Å². The molecule has 2 rings (SSSR count). The summed E-state index contributed by atoms with van der Waals surface area (Å²) in [6, 6.07) is 2.09. The van der Waals surface area contributed by atoms with Crippen LogP contribution in [0.4, 0.5) is 5.82 Å². The minimum Gasteiger partial charge on any atom is -0.372 e. The second-order valence-corrected chi connectivity index (χ2v) is 5.79. The van der Waals surface area contributed by atoms with Crippen LogP contribution in [0.3, 0.4) is 0 Å². The highest BCUT2D eigenvalue weighted by Gasteiger charge is 2.33. The van der Waals surface area contributed by atoms with Crippen molar-refractivity contribution in [1.29, 1.82) is 0 Å². The summed E-state index contributed by atoms with van der Waals surface area (Å²) >= 11 is 6.08. The number of anilines is 1. The largest absolute Gasteiger partial charge is 0.372 e.